The first-order valence-electron chi connectivity index (χ1n) is 13.0. The summed E-state index contributed by atoms with van der Waals surface area (Å²) in [6, 6.07) is 16.6. The molecule has 0 fully saturated rings. The number of carbonyl (C=O) groups excluding carboxylic acids is 2. The number of benzene rings is 2. The van der Waals surface area contributed by atoms with Crippen molar-refractivity contribution in [1.29, 1.82) is 0 Å². The topological polar surface area (TPSA) is 73.9 Å². The summed E-state index contributed by atoms with van der Waals surface area (Å²) in [6.07, 6.45) is 7.63. The van der Waals surface area contributed by atoms with Crippen LogP contribution in [0.25, 0.3) is 11.1 Å². The molecule has 0 aliphatic heterocycles. The maximum Gasteiger partial charge on any atom is 0.407 e. The van der Waals surface area contributed by atoms with Crippen LogP contribution in [0.15, 0.2) is 48.5 Å². The van der Waals surface area contributed by atoms with Gasteiger partial charge >= 0.3 is 12.1 Å². The third kappa shape index (κ3) is 8.70. The number of carbonyl (C=O) groups is 2. The summed E-state index contributed by atoms with van der Waals surface area (Å²) < 4.78 is 16.2. The molecule has 6 heteroatoms. The van der Waals surface area contributed by atoms with Gasteiger partial charge in [-0.2, -0.15) is 0 Å². The summed E-state index contributed by atoms with van der Waals surface area (Å²) >= 11 is 0. The van der Waals surface area contributed by atoms with Gasteiger partial charge in [-0.1, -0.05) is 87.6 Å². The SMILES string of the molecule is CCCCCCCCC(=O)OCCOCCCNC(=O)OCC1c2ccccc2-c2ccccc21. The molecule has 0 unspecified atom stereocenters. The second kappa shape index (κ2) is 15.2. The van der Waals surface area contributed by atoms with Crippen LogP contribution in [0.3, 0.4) is 0 Å². The molecule has 0 radical (unpaired) electrons. The first kappa shape index (κ1) is 26.7. The van der Waals surface area contributed by atoms with Crippen LogP contribution in [0.4, 0.5) is 4.79 Å². The normalized spacial score (nSPS) is 12.1. The van der Waals surface area contributed by atoms with E-state index in [1.807, 2.05) is 24.3 Å². The highest BCUT2D eigenvalue weighted by atomic mass is 16.6. The molecule has 2 aromatic rings. The van der Waals surface area contributed by atoms with Crippen LogP contribution in [0.1, 0.15) is 75.3 Å². The zero-order valence-corrected chi connectivity index (χ0v) is 20.9. The summed E-state index contributed by atoms with van der Waals surface area (Å²) in [6.45, 7) is 4.09. The molecule has 0 saturated carbocycles. The van der Waals surface area contributed by atoms with Gasteiger partial charge in [-0.15, -0.1) is 0 Å². The van der Waals surface area contributed by atoms with E-state index in [9.17, 15) is 9.59 Å². The van der Waals surface area contributed by atoms with E-state index in [0.717, 1.165) is 12.8 Å². The lowest BCUT2D eigenvalue weighted by molar-refractivity contribution is -0.145. The first-order chi connectivity index (χ1) is 17.2. The Labute approximate surface area is 209 Å². The highest BCUT2D eigenvalue weighted by molar-refractivity contribution is 5.79. The summed E-state index contributed by atoms with van der Waals surface area (Å²) in [5, 5.41) is 2.78. The average molecular weight is 482 g/mol. The van der Waals surface area contributed by atoms with E-state index >= 15 is 0 Å². The van der Waals surface area contributed by atoms with Crippen LogP contribution in [0.2, 0.25) is 0 Å². The number of ether oxygens (including phenoxy) is 3. The smallest absolute Gasteiger partial charge is 0.407 e. The summed E-state index contributed by atoms with van der Waals surface area (Å²) in [7, 11) is 0. The summed E-state index contributed by atoms with van der Waals surface area (Å²) in [5.74, 6) is -0.0961. The van der Waals surface area contributed by atoms with E-state index in [4.69, 9.17) is 14.2 Å². The van der Waals surface area contributed by atoms with E-state index in [1.54, 1.807) is 0 Å². The lowest BCUT2D eigenvalue weighted by atomic mass is 9.98. The number of hydrogen-bond donors (Lipinski definition) is 1. The number of esters is 1. The van der Waals surface area contributed by atoms with E-state index in [0.29, 0.717) is 39.2 Å². The van der Waals surface area contributed by atoms with Crippen LogP contribution in [-0.4, -0.2) is 45.0 Å². The molecular formula is C29H39NO5. The minimum Gasteiger partial charge on any atom is -0.463 e. The lowest BCUT2D eigenvalue weighted by Crippen LogP contribution is -2.27. The second-order valence-electron chi connectivity index (χ2n) is 8.96. The molecule has 6 nitrogen and oxygen atoms in total. The highest BCUT2D eigenvalue weighted by Crippen LogP contribution is 2.44. The van der Waals surface area contributed by atoms with Gasteiger partial charge in [0.1, 0.15) is 13.2 Å². The van der Waals surface area contributed by atoms with Crippen molar-refractivity contribution in [2.24, 2.45) is 0 Å². The first-order valence-corrected chi connectivity index (χ1v) is 13.0. The number of amides is 1. The fraction of sp³-hybridized carbons (Fsp3) is 0.517. The van der Waals surface area contributed by atoms with Gasteiger partial charge in [0, 0.05) is 25.5 Å². The maximum absolute atomic E-state index is 12.2. The lowest BCUT2D eigenvalue weighted by Gasteiger charge is -2.14. The van der Waals surface area contributed by atoms with E-state index < -0.39 is 6.09 Å². The third-order valence-corrected chi connectivity index (χ3v) is 6.30. The molecule has 0 saturated heterocycles. The van der Waals surface area contributed by atoms with E-state index in [2.05, 4.69) is 36.5 Å². The Morgan fingerprint density at radius 2 is 1.43 bits per heavy atom. The molecule has 0 bridgehead atoms. The number of nitrogens with one attached hydrogen (secondary N) is 1. The van der Waals surface area contributed by atoms with Crippen molar-refractivity contribution >= 4 is 12.1 Å². The highest BCUT2D eigenvalue weighted by Gasteiger charge is 2.28. The monoisotopic (exact) mass is 481 g/mol. The molecule has 1 N–H and O–H groups in total. The van der Waals surface area contributed by atoms with Gasteiger partial charge in [0.15, 0.2) is 0 Å². The van der Waals surface area contributed by atoms with Crippen molar-refractivity contribution in [2.45, 2.75) is 64.2 Å². The minimum absolute atomic E-state index is 0.0558. The Balaban J connectivity index is 1.20. The molecule has 190 valence electrons. The predicted octanol–water partition coefficient (Wildman–Crippen LogP) is 6.23. The molecule has 1 amide bonds. The van der Waals surface area contributed by atoms with Gasteiger partial charge in [-0.25, -0.2) is 4.79 Å². The minimum atomic E-state index is -0.421. The zero-order valence-electron chi connectivity index (χ0n) is 20.9. The molecule has 0 heterocycles. The summed E-state index contributed by atoms with van der Waals surface area (Å²) in [4.78, 5) is 23.9. The quantitative estimate of drug-likeness (QED) is 0.227. The molecule has 0 spiro atoms. The maximum atomic E-state index is 12.2. The zero-order chi connectivity index (χ0) is 24.7. The Morgan fingerprint density at radius 3 is 2.14 bits per heavy atom. The number of alkyl carbamates (subject to hydrolysis) is 1. The van der Waals surface area contributed by atoms with Gasteiger partial charge in [0.2, 0.25) is 0 Å². The Bertz CT molecular complexity index is 883. The number of fused-ring (bicyclic) bond motifs is 3. The van der Waals surface area contributed by atoms with Crippen LogP contribution >= 0.6 is 0 Å². The van der Waals surface area contributed by atoms with Crippen molar-refractivity contribution in [3.05, 3.63) is 59.7 Å². The molecule has 0 atom stereocenters. The molecule has 35 heavy (non-hydrogen) atoms. The van der Waals surface area contributed by atoms with Crippen molar-refractivity contribution < 1.29 is 23.8 Å². The van der Waals surface area contributed by atoms with E-state index in [1.165, 1.54) is 47.9 Å². The van der Waals surface area contributed by atoms with Crippen LogP contribution in [0.5, 0.6) is 0 Å². The van der Waals surface area contributed by atoms with Crippen LogP contribution in [-0.2, 0) is 19.0 Å². The van der Waals surface area contributed by atoms with Crippen molar-refractivity contribution in [1.82, 2.24) is 5.32 Å². The Morgan fingerprint density at radius 1 is 0.771 bits per heavy atom. The third-order valence-electron chi connectivity index (χ3n) is 6.30. The van der Waals surface area contributed by atoms with Gasteiger partial charge in [0.25, 0.3) is 0 Å². The van der Waals surface area contributed by atoms with E-state index in [-0.39, 0.29) is 18.5 Å². The van der Waals surface area contributed by atoms with Crippen molar-refractivity contribution in [3.8, 4) is 11.1 Å². The predicted molar refractivity (Wildman–Crippen MR) is 137 cm³/mol. The van der Waals surface area contributed by atoms with Crippen molar-refractivity contribution in [2.75, 3.05) is 33.0 Å². The Hall–Kier alpha value is -2.86. The fourth-order valence-corrected chi connectivity index (χ4v) is 4.45. The molecular weight excluding hydrogens is 442 g/mol. The number of hydrogen-bond acceptors (Lipinski definition) is 5. The molecule has 3 rings (SSSR count). The van der Waals surface area contributed by atoms with Gasteiger partial charge in [0.05, 0.1) is 6.61 Å². The summed E-state index contributed by atoms with van der Waals surface area (Å²) in [5.41, 5.74) is 4.81. The fourth-order valence-electron chi connectivity index (χ4n) is 4.45. The van der Waals surface area contributed by atoms with Gasteiger partial charge in [-0.05, 0) is 35.1 Å². The molecule has 1 aliphatic carbocycles. The second-order valence-corrected chi connectivity index (χ2v) is 8.96. The average Bonchev–Trinajstić information content (AvgIpc) is 3.20. The number of unbranched alkanes of at least 4 members (excludes halogenated alkanes) is 5. The van der Waals surface area contributed by atoms with Gasteiger partial charge in [-0.3, -0.25) is 4.79 Å². The van der Waals surface area contributed by atoms with Crippen LogP contribution < -0.4 is 5.32 Å². The Kier molecular flexibility index (Phi) is 11.6. The molecule has 2 aromatic carbocycles. The van der Waals surface area contributed by atoms with Gasteiger partial charge < -0.3 is 19.5 Å². The molecule has 1 aliphatic rings. The largest absolute Gasteiger partial charge is 0.463 e. The molecule has 0 aromatic heterocycles. The van der Waals surface area contributed by atoms with Crippen LogP contribution in [0, 0.1) is 0 Å². The standard InChI is InChI=1S/C29H39NO5/c1-2-3-4-5-6-7-17-28(31)34-21-20-33-19-12-18-30-29(32)35-22-27-25-15-10-8-13-23(25)24-14-9-11-16-26(24)27/h8-11,13-16,27H,2-7,12,17-22H2,1H3,(H,30,32). The van der Waals surface area contributed by atoms with Crippen molar-refractivity contribution in [3.63, 3.8) is 0 Å². The number of rotatable bonds is 16.